The van der Waals surface area contributed by atoms with Crippen LogP contribution in [0.5, 0.6) is 0 Å². The molecule has 2 nitrogen and oxygen atoms in total. The summed E-state index contributed by atoms with van der Waals surface area (Å²) in [6, 6.07) is 11.6. The number of pyridine rings is 1. The van der Waals surface area contributed by atoms with Crippen molar-refractivity contribution < 1.29 is 0 Å². The molecule has 0 unspecified atom stereocenters. The SMILES string of the molecule is Br.Clc1ccccc1-c1csc(-c2ccncc2)n1. The standard InChI is InChI=1S/C14H9ClN2S.BrH/c15-12-4-2-1-3-11(12)13-9-18-14(17-13)10-5-7-16-8-6-10;/h1-9H;1H. The van der Waals surface area contributed by atoms with Crippen LogP contribution in [0.15, 0.2) is 54.2 Å². The number of rotatable bonds is 2. The smallest absolute Gasteiger partial charge is 0.124 e. The van der Waals surface area contributed by atoms with Gasteiger partial charge in [-0.2, -0.15) is 0 Å². The van der Waals surface area contributed by atoms with E-state index >= 15 is 0 Å². The number of benzene rings is 1. The lowest BCUT2D eigenvalue weighted by Crippen LogP contribution is -1.80. The van der Waals surface area contributed by atoms with E-state index in [2.05, 4.69) is 9.97 Å². The quantitative estimate of drug-likeness (QED) is 0.640. The minimum atomic E-state index is 0. The summed E-state index contributed by atoms with van der Waals surface area (Å²) in [4.78, 5) is 8.62. The lowest BCUT2D eigenvalue weighted by molar-refractivity contribution is 1.32. The van der Waals surface area contributed by atoms with E-state index in [0.717, 1.165) is 26.9 Å². The number of hydrogen-bond donors (Lipinski definition) is 0. The van der Waals surface area contributed by atoms with Crippen molar-refractivity contribution in [3.63, 3.8) is 0 Å². The predicted molar refractivity (Wildman–Crippen MR) is 86.1 cm³/mol. The van der Waals surface area contributed by atoms with E-state index in [4.69, 9.17) is 11.6 Å². The molecule has 0 fully saturated rings. The largest absolute Gasteiger partial charge is 0.265 e. The minimum absolute atomic E-state index is 0. The van der Waals surface area contributed by atoms with Crippen LogP contribution in [0.2, 0.25) is 5.02 Å². The minimum Gasteiger partial charge on any atom is -0.265 e. The first-order valence-electron chi connectivity index (χ1n) is 5.45. The maximum absolute atomic E-state index is 6.17. The summed E-state index contributed by atoms with van der Waals surface area (Å²) in [7, 11) is 0. The molecule has 0 saturated carbocycles. The molecule has 2 heterocycles. The molecule has 0 N–H and O–H groups in total. The van der Waals surface area contributed by atoms with Gasteiger partial charge < -0.3 is 0 Å². The van der Waals surface area contributed by atoms with Gasteiger partial charge in [-0.3, -0.25) is 4.98 Å². The first-order chi connectivity index (χ1) is 8.84. The van der Waals surface area contributed by atoms with E-state index < -0.39 is 0 Å². The first kappa shape index (κ1) is 14.2. The number of nitrogens with zero attached hydrogens (tertiary/aromatic N) is 2. The highest BCUT2D eigenvalue weighted by atomic mass is 79.9. The van der Waals surface area contributed by atoms with Gasteiger partial charge in [0.1, 0.15) is 5.01 Å². The third-order valence-electron chi connectivity index (χ3n) is 2.58. The Hall–Kier alpha value is -1.23. The van der Waals surface area contributed by atoms with Gasteiger partial charge in [-0.05, 0) is 18.2 Å². The molecule has 5 heteroatoms. The van der Waals surface area contributed by atoms with Crippen LogP contribution >= 0.6 is 39.9 Å². The van der Waals surface area contributed by atoms with E-state index in [9.17, 15) is 0 Å². The molecule has 0 aliphatic heterocycles. The van der Waals surface area contributed by atoms with E-state index in [0.29, 0.717) is 0 Å². The molecule has 0 amide bonds. The van der Waals surface area contributed by atoms with Crippen molar-refractivity contribution in [3.05, 3.63) is 59.2 Å². The Morgan fingerprint density at radius 3 is 2.47 bits per heavy atom. The fourth-order valence-corrected chi connectivity index (χ4v) is 2.75. The van der Waals surface area contributed by atoms with Crippen molar-refractivity contribution in [1.82, 2.24) is 9.97 Å². The Morgan fingerprint density at radius 1 is 1.00 bits per heavy atom. The van der Waals surface area contributed by atoms with Crippen molar-refractivity contribution in [2.75, 3.05) is 0 Å². The molecule has 0 aliphatic carbocycles. The lowest BCUT2D eigenvalue weighted by Gasteiger charge is -1.99. The fourth-order valence-electron chi connectivity index (χ4n) is 1.69. The zero-order chi connectivity index (χ0) is 12.4. The third-order valence-corrected chi connectivity index (χ3v) is 3.80. The highest BCUT2D eigenvalue weighted by molar-refractivity contribution is 8.93. The maximum Gasteiger partial charge on any atom is 0.124 e. The summed E-state index contributed by atoms with van der Waals surface area (Å²) < 4.78 is 0. The van der Waals surface area contributed by atoms with Crippen LogP contribution in [0.3, 0.4) is 0 Å². The number of aromatic nitrogens is 2. The van der Waals surface area contributed by atoms with Crippen molar-refractivity contribution >= 4 is 39.9 Å². The molecule has 0 atom stereocenters. The fraction of sp³-hybridized carbons (Fsp3) is 0. The Morgan fingerprint density at radius 2 is 1.74 bits per heavy atom. The van der Waals surface area contributed by atoms with Crippen molar-refractivity contribution in [2.24, 2.45) is 0 Å². The number of halogens is 2. The van der Waals surface area contributed by atoms with E-state index in [1.54, 1.807) is 23.7 Å². The van der Waals surface area contributed by atoms with Gasteiger partial charge in [0.05, 0.1) is 5.69 Å². The van der Waals surface area contributed by atoms with Gasteiger partial charge in [0.2, 0.25) is 0 Å². The molecule has 0 radical (unpaired) electrons. The highest BCUT2D eigenvalue weighted by Crippen LogP contribution is 2.31. The molecule has 2 aromatic heterocycles. The van der Waals surface area contributed by atoms with Crippen LogP contribution in [-0.2, 0) is 0 Å². The Labute approximate surface area is 130 Å². The van der Waals surface area contributed by atoms with E-state index in [1.807, 2.05) is 41.8 Å². The van der Waals surface area contributed by atoms with Crippen molar-refractivity contribution in [2.45, 2.75) is 0 Å². The van der Waals surface area contributed by atoms with Crippen LogP contribution < -0.4 is 0 Å². The topological polar surface area (TPSA) is 25.8 Å². The van der Waals surface area contributed by atoms with Crippen LogP contribution in [0.4, 0.5) is 0 Å². The summed E-state index contributed by atoms with van der Waals surface area (Å²) >= 11 is 7.78. The van der Waals surface area contributed by atoms with Crippen molar-refractivity contribution in [1.29, 1.82) is 0 Å². The van der Waals surface area contributed by atoms with Crippen LogP contribution in [0, 0.1) is 0 Å². The zero-order valence-corrected chi connectivity index (χ0v) is 13.1. The summed E-state index contributed by atoms with van der Waals surface area (Å²) in [6.45, 7) is 0. The lowest BCUT2D eigenvalue weighted by atomic mass is 10.2. The normalized spacial score (nSPS) is 9.95. The summed E-state index contributed by atoms with van der Waals surface area (Å²) in [5, 5.41) is 3.73. The van der Waals surface area contributed by atoms with Crippen molar-refractivity contribution in [3.8, 4) is 21.8 Å². The van der Waals surface area contributed by atoms with Crippen LogP contribution in [-0.4, -0.2) is 9.97 Å². The molecule has 96 valence electrons. The Bertz CT molecular complexity index is 670. The molecular weight excluding hydrogens is 344 g/mol. The van der Waals surface area contributed by atoms with Gasteiger partial charge in [0.25, 0.3) is 0 Å². The van der Waals surface area contributed by atoms with Gasteiger partial charge in [-0.25, -0.2) is 4.98 Å². The second kappa shape index (κ2) is 6.28. The molecule has 0 bridgehead atoms. The first-order valence-corrected chi connectivity index (χ1v) is 6.71. The molecule has 3 aromatic rings. The molecule has 0 spiro atoms. The van der Waals surface area contributed by atoms with Crippen LogP contribution in [0.1, 0.15) is 0 Å². The van der Waals surface area contributed by atoms with Gasteiger partial charge >= 0.3 is 0 Å². The third kappa shape index (κ3) is 3.03. The Kier molecular flexibility index (Phi) is 4.69. The average molecular weight is 354 g/mol. The Balaban J connectivity index is 0.00000133. The van der Waals surface area contributed by atoms with Gasteiger partial charge in [0, 0.05) is 33.9 Å². The molecule has 0 aliphatic rings. The molecule has 0 saturated heterocycles. The number of thiazole rings is 1. The zero-order valence-electron chi connectivity index (χ0n) is 9.79. The monoisotopic (exact) mass is 352 g/mol. The van der Waals surface area contributed by atoms with Gasteiger partial charge in [-0.15, -0.1) is 28.3 Å². The summed E-state index contributed by atoms with van der Waals surface area (Å²) in [5.41, 5.74) is 2.96. The molecular formula is C14H10BrClN2S. The second-order valence-electron chi connectivity index (χ2n) is 3.75. The summed E-state index contributed by atoms with van der Waals surface area (Å²) in [6.07, 6.45) is 3.54. The maximum atomic E-state index is 6.17. The second-order valence-corrected chi connectivity index (χ2v) is 5.02. The molecule has 1 aromatic carbocycles. The van der Waals surface area contributed by atoms with Crippen LogP contribution in [0.25, 0.3) is 21.8 Å². The van der Waals surface area contributed by atoms with E-state index in [1.165, 1.54) is 0 Å². The molecule has 3 rings (SSSR count). The molecule has 19 heavy (non-hydrogen) atoms. The van der Waals surface area contributed by atoms with Gasteiger partial charge in [-0.1, -0.05) is 29.8 Å². The number of hydrogen-bond acceptors (Lipinski definition) is 3. The van der Waals surface area contributed by atoms with Gasteiger partial charge in [0.15, 0.2) is 0 Å². The average Bonchev–Trinajstić information content (AvgIpc) is 2.90. The predicted octanol–water partition coefficient (Wildman–Crippen LogP) is 5.10. The summed E-state index contributed by atoms with van der Waals surface area (Å²) in [5.74, 6) is 0. The van der Waals surface area contributed by atoms with E-state index in [-0.39, 0.29) is 17.0 Å². The highest BCUT2D eigenvalue weighted by Gasteiger charge is 2.08.